The molecule has 0 heterocycles. The largest absolute Gasteiger partial charge is 0.179 e. The lowest BCUT2D eigenvalue weighted by Crippen LogP contribution is -1.98. The van der Waals surface area contributed by atoms with E-state index in [9.17, 15) is 0 Å². The average molecular weight is 357 g/mol. The fourth-order valence-corrected chi connectivity index (χ4v) is 3.20. The van der Waals surface area contributed by atoms with Crippen LogP contribution in [0.15, 0.2) is 86.0 Å². The van der Waals surface area contributed by atoms with Gasteiger partial charge in [0.2, 0.25) is 0 Å². The molecule has 2 heteroatoms. The van der Waals surface area contributed by atoms with Gasteiger partial charge in [-0.25, -0.2) is 0 Å². The van der Waals surface area contributed by atoms with Crippen molar-refractivity contribution in [2.45, 2.75) is 24.7 Å². The standard InChI is InChI=1S/2C11H14S/c2*1-2-6-11(9-12)10-7-4-3-5-8-10/h2*2-5,7-8,11-12H,1,6,9H2. The zero-order chi connectivity index (χ0) is 17.6. The summed E-state index contributed by atoms with van der Waals surface area (Å²) in [6, 6.07) is 20.9. The van der Waals surface area contributed by atoms with E-state index in [1.807, 2.05) is 24.3 Å². The lowest BCUT2D eigenvalue weighted by Gasteiger charge is -2.11. The van der Waals surface area contributed by atoms with Gasteiger partial charge in [0.15, 0.2) is 0 Å². The van der Waals surface area contributed by atoms with E-state index >= 15 is 0 Å². The fraction of sp³-hybridized carbons (Fsp3) is 0.273. The molecule has 128 valence electrons. The summed E-state index contributed by atoms with van der Waals surface area (Å²) in [5.41, 5.74) is 2.71. The Morgan fingerprint density at radius 1 is 0.667 bits per heavy atom. The van der Waals surface area contributed by atoms with Crippen molar-refractivity contribution in [2.75, 3.05) is 11.5 Å². The third kappa shape index (κ3) is 7.46. The third-order valence-corrected chi connectivity index (χ3v) is 4.77. The second-order valence-electron chi connectivity index (χ2n) is 5.63. The van der Waals surface area contributed by atoms with Gasteiger partial charge in [-0.1, -0.05) is 72.8 Å². The Bertz CT molecular complexity index is 510. The zero-order valence-electron chi connectivity index (χ0n) is 14.2. The van der Waals surface area contributed by atoms with Gasteiger partial charge in [0, 0.05) is 0 Å². The van der Waals surface area contributed by atoms with Crippen molar-refractivity contribution in [2.24, 2.45) is 0 Å². The molecule has 0 bridgehead atoms. The molecular formula is C22H28S2. The normalized spacial score (nSPS) is 12.4. The van der Waals surface area contributed by atoms with Crippen LogP contribution >= 0.6 is 25.3 Å². The molecule has 0 aromatic heterocycles. The molecule has 2 atom stereocenters. The van der Waals surface area contributed by atoms with Crippen LogP contribution in [0.1, 0.15) is 35.8 Å². The van der Waals surface area contributed by atoms with Gasteiger partial charge in [0.1, 0.15) is 0 Å². The van der Waals surface area contributed by atoms with Crippen LogP contribution in [-0.4, -0.2) is 11.5 Å². The Balaban J connectivity index is 0.000000240. The van der Waals surface area contributed by atoms with E-state index in [1.54, 1.807) is 0 Å². The minimum atomic E-state index is 0.520. The molecule has 2 aromatic carbocycles. The molecule has 2 rings (SSSR count). The highest BCUT2D eigenvalue weighted by molar-refractivity contribution is 7.80. The first-order chi connectivity index (χ1) is 11.8. The maximum absolute atomic E-state index is 4.31. The first kappa shape index (κ1) is 20.7. The maximum Gasteiger partial charge on any atom is -0.00259 e. The monoisotopic (exact) mass is 356 g/mol. The summed E-state index contributed by atoms with van der Waals surface area (Å²) >= 11 is 8.63. The summed E-state index contributed by atoms with van der Waals surface area (Å²) < 4.78 is 0. The summed E-state index contributed by atoms with van der Waals surface area (Å²) in [6.07, 6.45) is 5.92. The minimum absolute atomic E-state index is 0.520. The summed E-state index contributed by atoms with van der Waals surface area (Å²) in [5, 5.41) is 0. The van der Waals surface area contributed by atoms with Gasteiger partial charge >= 0.3 is 0 Å². The molecule has 0 amide bonds. The van der Waals surface area contributed by atoms with E-state index in [0.29, 0.717) is 11.8 Å². The molecule has 0 aliphatic heterocycles. The first-order valence-corrected chi connectivity index (χ1v) is 9.56. The first-order valence-electron chi connectivity index (χ1n) is 8.30. The molecular weight excluding hydrogens is 328 g/mol. The summed E-state index contributed by atoms with van der Waals surface area (Å²) in [7, 11) is 0. The summed E-state index contributed by atoms with van der Waals surface area (Å²) in [6.45, 7) is 7.48. The van der Waals surface area contributed by atoms with E-state index in [2.05, 4.69) is 86.9 Å². The van der Waals surface area contributed by atoms with Crippen LogP contribution in [0, 0.1) is 0 Å². The van der Waals surface area contributed by atoms with Crippen molar-refractivity contribution >= 4 is 25.3 Å². The molecule has 0 radical (unpaired) electrons. The van der Waals surface area contributed by atoms with Crippen LogP contribution in [-0.2, 0) is 0 Å². The highest BCUT2D eigenvalue weighted by atomic mass is 32.1. The lowest BCUT2D eigenvalue weighted by atomic mass is 9.98. The Morgan fingerprint density at radius 3 is 1.25 bits per heavy atom. The molecule has 0 N–H and O–H groups in total. The molecule has 0 saturated heterocycles. The van der Waals surface area contributed by atoms with E-state index in [1.165, 1.54) is 11.1 Å². The van der Waals surface area contributed by atoms with E-state index in [-0.39, 0.29) is 0 Å². The number of hydrogen-bond acceptors (Lipinski definition) is 2. The second kappa shape index (κ2) is 13.0. The van der Waals surface area contributed by atoms with Gasteiger partial charge in [0.25, 0.3) is 0 Å². The fourth-order valence-electron chi connectivity index (χ4n) is 2.48. The summed E-state index contributed by atoms with van der Waals surface area (Å²) in [5.74, 6) is 2.81. The molecule has 2 unspecified atom stereocenters. The molecule has 0 saturated carbocycles. The Morgan fingerprint density at radius 2 is 1.00 bits per heavy atom. The predicted octanol–water partition coefficient (Wildman–Crippen LogP) is 6.55. The number of rotatable bonds is 8. The van der Waals surface area contributed by atoms with Gasteiger partial charge in [0.05, 0.1) is 0 Å². The molecule has 24 heavy (non-hydrogen) atoms. The van der Waals surface area contributed by atoms with E-state index in [0.717, 1.165) is 24.3 Å². The Kier molecular flexibility index (Phi) is 11.2. The number of thiol groups is 2. The van der Waals surface area contributed by atoms with Gasteiger partial charge in [-0.2, -0.15) is 25.3 Å². The maximum atomic E-state index is 4.31. The van der Waals surface area contributed by atoms with Crippen LogP contribution in [0.2, 0.25) is 0 Å². The van der Waals surface area contributed by atoms with Crippen molar-refractivity contribution < 1.29 is 0 Å². The van der Waals surface area contributed by atoms with Crippen molar-refractivity contribution in [3.63, 3.8) is 0 Å². The van der Waals surface area contributed by atoms with Gasteiger partial charge in [-0.15, -0.1) is 13.2 Å². The SMILES string of the molecule is C=CCC(CS)c1ccccc1.C=CCC(CS)c1ccccc1. The Hall–Kier alpha value is -1.38. The number of hydrogen-bond donors (Lipinski definition) is 2. The zero-order valence-corrected chi connectivity index (χ0v) is 16.0. The van der Waals surface area contributed by atoms with Crippen LogP contribution in [0.25, 0.3) is 0 Å². The smallest absolute Gasteiger partial charge is 0.00259 e. The molecule has 0 nitrogen and oxygen atoms in total. The van der Waals surface area contributed by atoms with Gasteiger partial charge in [-0.05, 0) is 47.3 Å². The Labute approximate surface area is 158 Å². The summed E-state index contributed by atoms with van der Waals surface area (Å²) in [4.78, 5) is 0. The van der Waals surface area contributed by atoms with Crippen molar-refractivity contribution in [1.82, 2.24) is 0 Å². The molecule has 0 fully saturated rings. The van der Waals surface area contributed by atoms with Crippen LogP contribution < -0.4 is 0 Å². The minimum Gasteiger partial charge on any atom is -0.179 e. The molecule has 0 spiro atoms. The molecule has 0 aliphatic rings. The second-order valence-corrected chi connectivity index (χ2v) is 6.36. The highest BCUT2D eigenvalue weighted by Crippen LogP contribution is 2.21. The number of benzene rings is 2. The average Bonchev–Trinajstić information content (AvgIpc) is 2.66. The van der Waals surface area contributed by atoms with Crippen molar-refractivity contribution in [3.8, 4) is 0 Å². The van der Waals surface area contributed by atoms with Crippen LogP contribution in [0.4, 0.5) is 0 Å². The molecule has 0 aliphatic carbocycles. The molecule has 2 aromatic rings. The van der Waals surface area contributed by atoms with Gasteiger partial charge in [-0.3, -0.25) is 0 Å². The lowest BCUT2D eigenvalue weighted by molar-refractivity contribution is 0.796. The highest BCUT2D eigenvalue weighted by Gasteiger charge is 2.06. The van der Waals surface area contributed by atoms with Crippen LogP contribution in [0.3, 0.4) is 0 Å². The van der Waals surface area contributed by atoms with E-state index in [4.69, 9.17) is 0 Å². The van der Waals surface area contributed by atoms with E-state index < -0.39 is 0 Å². The predicted molar refractivity (Wildman–Crippen MR) is 116 cm³/mol. The van der Waals surface area contributed by atoms with Gasteiger partial charge < -0.3 is 0 Å². The number of allylic oxidation sites excluding steroid dienone is 2. The topological polar surface area (TPSA) is 0 Å². The third-order valence-electron chi connectivity index (χ3n) is 3.89. The quantitative estimate of drug-likeness (QED) is 0.389. The van der Waals surface area contributed by atoms with Crippen molar-refractivity contribution in [1.29, 1.82) is 0 Å². The van der Waals surface area contributed by atoms with Crippen molar-refractivity contribution in [3.05, 3.63) is 97.1 Å². The van der Waals surface area contributed by atoms with Crippen LogP contribution in [0.5, 0.6) is 0 Å².